The molecular weight excluding hydrogens is 292 g/mol. The number of aryl methyl sites for hydroxylation is 2. The minimum Gasteiger partial charge on any atom is -0.478 e. The molecule has 1 N–H and O–H groups in total. The SMILES string of the molecule is Cc1ccc(Sc2ncc(C(=O)O)cc2[N+](=O)[O-])c(C)c1. The van der Waals surface area contributed by atoms with E-state index in [4.69, 9.17) is 5.11 Å². The molecule has 21 heavy (non-hydrogen) atoms. The minimum absolute atomic E-state index is 0.178. The normalized spacial score (nSPS) is 10.4. The maximum Gasteiger partial charge on any atom is 0.337 e. The molecule has 108 valence electrons. The Kier molecular flexibility index (Phi) is 4.23. The van der Waals surface area contributed by atoms with Crippen molar-refractivity contribution in [2.24, 2.45) is 0 Å². The van der Waals surface area contributed by atoms with Gasteiger partial charge in [-0.3, -0.25) is 10.1 Å². The number of nitrogens with zero attached hydrogens (tertiary/aromatic N) is 2. The fourth-order valence-electron chi connectivity index (χ4n) is 1.78. The molecule has 0 aliphatic heterocycles. The molecule has 0 unspecified atom stereocenters. The number of hydrogen-bond acceptors (Lipinski definition) is 5. The van der Waals surface area contributed by atoms with E-state index in [0.29, 0.717) is 0 Å². The lowest BCUT2D eigenvalue weighted by Gasteiger charge is -2.06. The number of carboxylic acid groups (broad SMARTS) is 1. The Bertz CT molecular complexity index is 731. The maximum atomic E-state index is 11.1. The third-order valence-corrected chi connectivity index (χ3v) is 4.00. The molecule has 0 aliphatic rings. The summed E-state index contributed by atoms with van der Waals surface area (Å²) in [6.07, 6.45) is 1.13. The zero-order chi connectivity index (χ0) is 15.6. The quantitative estimate of drug-likeness (QED) is 0.686. The molecule has 2 aromatic rings. The van der Waals surface area contributed by atoms with Crippen LogP contribution in [0.15, 0.2) is 40.4 Å². The van der Waals surface area contributed by atoms with Gasteiger partial charge in [-0.25, -0.2) is 9.78 Å². The van der Waals surface area contributed by atoms with Crippen LogP contribution in [0, 0.1) is 24.0 Å². The Morgan fingerprint density at radius 3 is 2.62 bits per heavy atom. The molecule has 1 aromatic carbocycles. The van der Waals surface area contributed by atoms with Crippen LogP contribution in [0.3, 0.4) is 0 Å². The topological polar surface area (TPSA) is 93.3 Å². The van der Waals surface area contributed by atoms with Crippen LogP contribution < -0.4 is 0 Å². The van der Waals surface area contributed by atoms with Gasteiger partial charge >= 0.3 is 11.7 Å². The lowest BCUT2D eigenvalue weighted by Crippen LogP contribution is -2.01. The van der Waals surface area contributed by atoms with Gasteiger partial charge in [0.15, 0.2) is 5.03 Å². The predicted octanol–water partition coefficient (Wildman–Crippen LogP) is 3.46. The number of aromatic carboxylic acids is 1. The summed E-state index contributed by atoms with van der Waals surface area (Å²) in [6, 6.07) is 6.78. The molecule has 7 heteroatoms. The van der Waals surface area contributed by atoms with Gasteiger partial charge in [-0.05, 0) is 25.5 Å². The summed E-state index contributed by atoms with van der Waals surface area (Å²) >= 11 is 1.15. The van der Waals surface area contributed by atoms with Gasteiger partial charge in [0, 0.05) is 17.2 Å². The number of nitro groups is 1. The molecule has 1 heterocycles. The van der Waals surface area contributed by atoms with E-state index in [9.17, 15) is 14.9 Å². The summed E-state index contributed by atoms with van der Waals surface area (Å²) in [4.78, 5) is 26.1. The van der Waals surface area contributed by atoms with Gasteiger partial charge in [-0.15, -0.1) is 0 Å². The molecular formula is C14H12N2O4S. The van der Waals surface area contributed by atoms with Gasteiger partial charge in [0.2, 0.25) is 0 Å². The first-order valence-corrected chi connectivity index (χ1v) is 6.83. The summed E-state index contributed by atoms with van der Waals surface area (Å²) in [5, 5.41) is 20.1. The number of carboxylic acids is 1. The van der Waals surface area contributed by atoms with Gasteiger partial charge in [-0.1, -0.05) is 29.5 Å². The molecule has 0 bridgehead atoms. The monoisotopic (exact) mass is 304 g/mol. The number of carbonyl (C=O) groups is 1. The number of aromatic nitrogens is 1. The molecule has 0 spiro atoms. The Hall–Kier alpha value is -2.41. The predicted molar refractivity (Wildman–Crippen MR) is 77.9 cm³/mol. The average Bonchev–Trinajstić information content (AvgIpc) is 2.41. The molecule has 0 radical (unpaired) electrons. The molecule has 1 aromatic heterocycles. The molecule has 0 saturated carbocycles. The smallest absolute Gasteiger partial charge is 0.337 e. The van der Waals surface area contributed by atoms with Crippen molar-refractivity contribution in [3.8, 4) is 0 Å². The zero-order valence-electron chi connectivity index (χ0n) is 11.4. The highest BCUT2D eigenvalue weighted by molar-refractivity contribution is 7.99. The first-order valence-electron chi connectivity index (χ1n) is 6.01. The number of rotatable bonds is 4. The van der Waals surface area contributed by atoms with Gasteiger partial charge < -0.3 is 5.11 Å². The van der Waals surface area contributed by atoms with Crippen LogP contribution in [-0.2, 0) is 0 Å². The Morgan fingerprint density at radius 1 is 1.33 bits per heavy atom. The lowest BCUT2D eigenvalue weighted by atomic mass is 10.2. The van der Waals surface area contributed by atoms with Crippen molar-refractivity contribution in [1.29, 1.82) is 0 Å². The van der Waals surface area contributed by atoms with Crippen molar-refractivity contribution in [2.75, 3.05) is 0 Å². The second kappa shape index (κ2) is 5.92. The van der Waals surface area contributed by atoms with Crippen LogP contribution in [0.4, 0.5) is 5.69 Å². The van der Waals surface area contributed by atoms with Crippen LogP contribution in [0.5, 0.6) is 0 Å². The van der Waals surface area contributed by atoms with E-state index in [1.165, 1.54) is 0 Å². The van der Waals surface area contributed by atoms with Gasteiger partial charge in [0.1, 0.15) is 0 Å². The third kappa shape index (κ3) is 3.38. The zero-order valence-corrected chi connectivity index (χ0v) is 12.2. The van der Waals surface area contributed by atoms with E-state index in [0.717, 1.165) is 40.0 Å². The van der Waals surface area contributed by atoms with Crippen molar-refractivity contribution < 1.29 is 14.8 Å². The van der Waals surface area contributed by atoms with Crippen molar-refractivity contribution in [3.05, 3.63) is 57.3 Å². The van der Waals surface area contributed by atoms with E-state index in [1.54, 1.807) is 0 Å². The first kappa shape index (κ1) is 15.0. The van der Waals surface area contributed by atoms with E-state index in [2.05, 4.69) is 4.98 Å². The van der Waals surface area contributed by atoms with Crippen LogP contribution in [-0.4, -0.2) is 21.0 Å². The van der Waals surface area contributed by atoms with Crippen LogP contribution in [0.1, 0.15) is 21.5 Å². The molecule has 0 saturated heterocycles. The third-order valence-electron chi connectivity index (χ3n) is 2.81. The van der Waals surface area contributed by atoms with E-state index in [1.807, 2.05) is 32.0 Å². The Balaban J connectivity index is 2.44. The summed E-state index contributed by atoms with van der Waals surface area (Å²) < 4.78 is 0. The fourth-order valence-corrected chi connectivity index (χ4v) is 2.69. The summed E-state index contributed by atoms with van der Waals surface area (Å²) in [7, 11) is 0. The molecule has 2 rings (SSSR count). The lowest BCUT2D eigenvalue weighted by molar-refractivity contribution is -0.388. The molecule has 0 amide bonds. The highest BCUT2D eigenvalue weighted by Gasteiger charge is 2.20. The minimum atomic E-state index is -1.24. The Labute approximate surface area is 125 Å². The largest absolute Gasteiger partial charge is 0.478 e. The maximum absolute atomic E-state index is 11.1. The highest BCUT2D eigenvalue weighted by Crippen LogP contribution is 2.35. The standard InChI is InChI=1S/C14H12N2O4S/c1-8-3-4-12(9(2)5-8)21-13-11(16(19)20)6-10(7-15-13)14(17)18/h3-7H,1-2H3,(H,17,18). The second-order valence-corrected chi connectivity index (χ2v) is 5.51. The van der Waals surface area contributed by atoms with Gasteiger partial charge in [-0.2, -0.15) is 0 Å². The summed E-state index contributed by atoms with van der Waals surface area (Å²) in [5.74, 6) is -1.24. The van der Waals surface area contributed by atoms with Crippen molar-refractivity contribution in [2.45, 2.75) is 23.8 Å². The van der Waals surface area contributed by atoms with Crippen molar-refractivity contribution in [1.82, 2.24) is 4.98 Å². The van der Waals surface area contributed by atoms with Gasteiger partial charge in [0.25, 0.3) is 0 Å². The molecule has 0 fully saturated rings. The van der Waals surface area contributed by atoms with Gasteiger partial charge in [0.05, 0.1) is 10.5 Å². The van der Waals surface area contributed by atoms with E-state index >= 15 is 0 Å². The first-order chi connectivity index (χ1) is 9.88. The molecule has 6 nitrogen and oxygen atoms in total. The molecule has 0 atom stereocenters. The van der Waals surface area contributed by atoms with E-state index in [-0.39, 0.29) is 16.3 Å². The van der Waals surface area contributed by atoms with Crippen molar-refractivity contribution >= 4 is 23.4 Å². The Morgan fingerprint density at radius 2 is 2.05 bits per heavy atom. The van der Waals surface area contributed by atoms with E-state index < -0.39 is 10.9 Å². The summed E-state index contributed by atoms with van der Waals surface area (Å²) in [5.41, 5.74) is 1.57. The van der Waals surface area contributed by atoms with Crippen LogP contribution in [0.25, 0.3) is 0 Å². The number of benzene rings is 1. The highest BCUT2D eigenvalue weighted by atomic mass is 32.2. The average molecular weight is 304 g/mol. The number of hydrogen-bond donors (Lipinski definition) is 1. The second-order valence-electron chi connectivity index (χ2n) is 4.48. The van der Waals surface area contributed by atoms with Crippen LogP contribution >= 0.6 is 11.8 Å². The van der Waals surface area contributed by atoms with Crippen LogP contribution in [0.2, 0.25) is 0 Å². The summed E-state index contributed by atoms with van der Waals surface area (Å²) in [6.45, 7) is 3.87. The molecule has 0 aliphatic carbocycles. The van der Waals surface area contributed by atoms with Crippen molar-refractivity contribution in [3.63, 3.8) is 0 Å². The fraction of sp³-hybridized carbons (Fsp3) is 0.143. The number of pyridine rings is 1.